The fourth-order valence-corrected chi connectivity index (χ4v) is 2.72. The summed E-state index contributed by atoms with van der Waals surface area (Å²) >= 11 is 0. The topological polar surface area (TPSA) is 45.0 Å². The lowest BCUT2D eigenvalue weighted by atomic mass is 10.1. The minimum atomic E-state index is 0.564. The van der Waals surface area contributed by atoms with Gasteiger partial charge in [0.25, 0.3) is 0 Å². The fraction of sp³-hybridized carbons (Fsp3) is 0.176. The summed E-state index contributed by atoms with van der Waals surface area (Å²) in [4.78, 5) is 5.66. The SMILES string of the molecule is Cc1[nH]c2ccccc2c1N(C)c1cccc(CN)c1. The highest BCUT2D eigenvalue weighted by atomic mass is 15.1. The number of benzene rings is 2. The van der Waals surface area contributed by atoms with Crippen LogP contribution in [0, 0.1) is 6.92 Å². The van der Waals surface area contributed by atoms with Gasteiger partial charge >= 0.3 is 0 Å². The van der Waals surface area contributed by atoms with Crippen LogP contribution in [0.1, 0.15) is 11.3 Å². The predicted octanol–water partition coefficient (Wildman–Crippen LogP) is 3.70. The summed E-state index contributed by atoms with van der Waals surface area (Å²) < 4.78 is 0. The van der Waals surface area contributed by atoms with Crippen molar-refractivity contribution in [3.05, 3.63) is 59.8 Å². The Labute approximate surface area is 119 Å². The van der Waals surface area contributed by atoms with Gasteiger partial charge in [-0.25, -0.2) is 0 Å². The molecule has 3 N–H and O–H groups in total. The summed E-state index contributed by atoms with van der Waals surface area (Å²) in [6.07, 6.45) is 0. The molecule has 0 saturated heterocycles. The zero-order valence-corrected chi connectivity index (χ0v) is 11.9. The first-order chi connectivity index (χ1) is 9.70. The van der Waals surface area contributed by atoms with Crippen molar-refractivity contribution >= 4 is 22.3 Å². The standard InChI is InChI=1S/C17H19N3/c1-12-17(15-8-3-4-9-16(15)19-12)20(2)14-7-5-6-13(10-14)11-18/h3-10,19H,11,18H2,1-2H3. The van der Waals surface area contributed by atoms with Crippen LogP contribution in [0.4, 0.5) is 11.4 Å². The zero-order valence-electron chi connectivity index (χ0n) is 11.9. The quantitative estimate of drug-likeness (QED) is 0.758. The number of hydrogen-bond donors (Lipinski definition) is 2. The lowest BCUT2D eigenvalue weighted by Gasteiger charge is -2.20. The maximum Gasteiger partial charge on any atom is 0.0696 e. The van der Waals surface area contributed by atoms with Crippen molar-refractivity contribution in [3.63, 3.8) is 0 Å². The molecule has 0 amide bonds. The van der Waals surface area contributed by atoms with Crippen LogP contribution < -0.4 is 10.6 Å². The van der Waals surface area contributed by atoms with Crippen LogP contribution >= 0.6 is 0 Å². The van der Waals surface area contributed by atoms with Crippen molar-refractivity contribution in [3.8, 4) is 0 Å². The number of anilines is 2. The van der Waals surface area contributed by atoms with Gasteiger partial charge in [-0.15, -0.1) is 0 Å². The Morgan fingerprint density at radius 1 is 1.10 bits per heavy atom. The molecule has 3 nitrogen and oxygen atoms in total. The van der Waals surface area contributed by atoms with Gasteiger partial charge in [-0.05, 0) is 30.7 Å². The van der Waals surface area contributed by atoms with E-state index >= 15 is 0 Å². The Morgan fingerprint density at radius 3 is 2.70 bits per heavy atom. The number of aromatic nitrogens is 1. The minimum Gasteiger partial charge on any atom is -0.357 e. The van der Waals surface area contributed by atoms with Gasteiger partial charge in [-0.2, -0.15) is 0 Å². The second-order valence-electron chi connectivity index (χ2n) is 5.08. The molecule has 2 aromatic carbocycles. The highest BCUT2D eigenvalue weighted by Gasteiger charge is 2.13. The van der Waals surface area contributed by atoms with Gasteiger partial charge in [0.1, 0.15) is 0 Å². The number of aryl methyl sites for hydroxylation is 1. The molecule has 3 rings (SSSR count). The van der Waals surface area contributed by atoms with Crippen LogP contribution in [0.15, 0.2) is 48.5 Å². The van der Waals surface area contributed by atoms with Crippen LogP contribution in [0.3, 0.4) is 0 Å². The molecule has 0 atom stereocenters. The number of hydrogen-bond acceptors (Lipinski definition) is 2. The monoisotopic (exact) mass is 265 g/mol. The third kappa shape index (κ3) is 2.06. The first-order valence-electron chi connectivity index (χ1n) is 6.80. The number of para-hydroxylation sites is 1. The summed E-state index contributed by atoms with van der Waals surface area (Å²) in [6.45, 7) is 2.67. The van der Waals surface area contributed by atoms with Gasteiger partial charge in [0.05, 0.1) is 5.69 Å². The second-order valence-corrected chi connectivity index (χ2v) is 5.08. The third-order valence-electron chi connectivity index (χ3n) is 3.73. The smallest absolute Gasteiger partial charge is 0.0696 e. The van der Waals surface area contributed by atoms with E-state index in [1.807, 2.05) is 0 Å². The van der Waals surface area contributed by atoms with E-state index in [1.54, 1.807) is 0 Å². The lowest BCUT2D eigenvalue weighted by Crippen LogP contribution is -2.11. The van der Waals surface area contributed by atoms with E-state index in [0.29, 0.717) is 6.54 Å². The molecule has 0 fully saturated rings. The average molecular weight is 265 g/mol. The van der Waals surface area contributed by atoms with Crippen molar-refractivity contribution in [2.45, 2.75) is 13.5 Å². The highest BCUT2D eigenvalue weighted by Crippen LogP contribution is 2.34. The van der Waals surface area contributed by atoms with Crippen LogP contribution in [0.25, 0.3) is 10.9 Å². The van der Waals surface area contributed by atoms with E-state index in [9.17, 15) is 0 Å². The minimum absolute atomic E-state index is 0.564. The molecule has 0 aliphatic carbocycles. The Balaban J connectivity index is 2.12. The largest absolute Gasteiger partial charge is 0.357 e. The van der Waals surface area contributed by atoms with Gasteiger partial charge in [-0.1, -0.05) is 30.3 Å². The predicted molar refractivity (Wildman–Crippen MR) is 85.4 cm³/mol. The van der Waals surface area contributed by atoms with E-state index in [0.717, 1.165) is 11.3 Å². The summed E-state index contributed by atoms with van der Waals surface area (Å²) in [5.74, 6) is 0. The van der Waals surface area contributed by atoms with Crippen molar-refractivity contribution < 1.29 is 0 Å². The van der Waals surface area contributed by atoms with E-state index in [1.165, 1.54) is 22.3 Å². The van der Waals surface area contributed by atoms with Crippen LogP contribution in [-0.2, 0) is 6.54 Å². The Kier molecular flexibility index (Phi) is 3.20. The van der Waals surface area contributed by atoms with E-state index in [4.69, 9.17) is 5.73 Å². The maximum absolute atomic E-state index is 5.73. The number of nitrogens with zero attached hydrogens (tertiary/aromatic N) is 1. The molecule has 0 saturated carbocycles. The first kappa shape index (κ1) is 12.8. The second kappa shape index (κ2) is 5.02. The summed E-state index contributed by atoms with van der Waals surface area (Å²) in [7, 11) is 2.10. The molecule has 0 aliphatic heterocycles. The van der Waals surface area contributed by atoms with E-state index in [2.05, 4.69) is 72.4 Å². The highest BCUT2D eigenvalue weighted by molar-refractivity contribution is 5.96. The van der Waals surface area contributed by atoms with E-state index in [-0.39, 0.29) is 0 Å². The van der Waals surface area contributed by atoms with Crippen LogP contribution in [-0.4, -0.2) is 12.0 Å². The summed E-state index contributed by atoms with van der Waals surface area (Å²) in [5.41, 5.74) is 11.6. The van der Waals surface area contributed by atoms with Crippen LogP contribution in [0.2, 0.25) is 0 Å². The van der Waals surface area contributed by atoms with Crippen molar-refractivity contribution in [1.29, 1.82) is 0 Å². The molecule has 3 heteroatoms. The molecule has 0 spiro atoms. The van der Waals surface area contributed by atoms with Crippen molar-refractivity contribution in [2.24, 2.45) is 5.73 Å². The number of nitrogens with two attached hydrogens (primary N) is 1. The molecule has 1 heterocycles. The lowest BCUT2D eigenvalue weighted by molar-refractivity contribution is 1.06. The maximum atomic E-state index is 5.73. The molecule has 20 heavy (non-hydrogen) atoms. The Hall–Kier alpha value is -2.26. The molecule has 3 aromatic rings. The number of fused-ring (bicyclic) bond motifs is 1. The molecule has 102 valence electrons. The van der Waals surface area contributed by atoms with Gasteiger partial charge in [0, 0.05) is 35.9 Å². The molecule has 0 radical (unpaired) electrons. The first-order valence-corrected chi connectivity index (χ1v) is 6.80. The van der Waals surface area contributed by atoms with Crippen molar-refractivity contribution in [2.75, 3.05) is 11.9 Å². The molecular formula is C17H19N3. The van der Waals surface area contributed by atoms with Gasteiger partial charge in [0.2, 0.25) is 0 Å². The van der Waals surface area contributed by atoms with Gasteiger partial charge in [-0.3, -0.25) is 0 Å². The normalized spacial score (nSPS) is 10.9. The molecule has 0 aliphatic rings. The molecular weight excluding hydrogens is 246 g/mol. The number of rotatable bonds is 3. The number of nitrogens with one attached hydrogen (secondary N) is 1. The summed E-state index contributed by atoms with van der Waals surface area (Å²) in [5, 5.41) is 1.24. The average Bonchev–Trinajstić information content (AvgIpc) is 2.82. The Bertz CT molecular complexity index is 743. The molecule has 0 unspecified atom stereocenters. The zero-order chi connectivity index (χ0) is 14.1. The molecule has 1 aromatic heterocycles. The van der Waals surface area contributed by atoms with Crippen molar-refractivity contribution in [1.82, 2.24) is 4.98 Å². The fourth-order valence-electron chi connectivity index (χ4n) is 2.72. The Morgan fingerprint density at radius 2 is 1.90 bits per heavy atom. The van der Waals surface area contributed by atoms with Gasteiger partial charge in [0.15, 0.2) is 0 Å². The summed E-state index contributed by atoms with van der Waals surface area (Å²) in [6, 6.07) is 16.7. The third-order valence-corrected chi connectivity index (χ3v) is 3.73. The molecule has 0 bridgehead atoms. The van der Waals surface area contributed by atoms with E-state index < -0.39 is 0 Å². The number of aromatic amines is 1. The van der Waals surface area contributed by atoms with Crippen LogP contribution in [0.5, 0.6) is 0 Å². The van der Waals surface area contributed by atoms with Gasteiger partial charge < -0.3 is 15.6 Å². The number of H-pyrrole nitrogens is 1.